The number of amides is 1. The van der Waals surface area contributed by atoms with Crippen molar-refractivity contribution in [2.45, 2.75) is 45.0 Å². The monoisotopic (exact) mass is 607 g/mol. The minimum absolute atomic E-state index is 0.0519. The zero-order valence-corrected chi connectivity index (χ0v) is 23.5. The molecule has 2 aliphatic rings. The van der Waals surface area contributed by atoms with Crippen molar-refractivity contribution in [1.29, 1.82) is 0 Å². The minimum atomic E-state index is -4.87. The van der Waals surface area contributed by atoms with Crippen molar-refractivity contribution in [3.63, 3.8) is 0 Å². The van der Waals surface area contributed by atoms with Gasteiger partial charge >= 0.3 is 12.1 Å². The summed E-state index contributed by atoms with van der Waals surface area (Å²) in [5.41, 5.74) is 1.31. The lowest BCUT2D eigenvalue weighted by molar-refractivity contribution is -0.274. The van der Waals surface area contributed by atoms with Crippen LogP contribution in [0, 0.1) is 13.8 Å². The highest BCUT2D eigenvalue weighted by Gasteiger charge is 2.47. The number of halogens is 3. The molecule has 0 saturated carbocycles. The van der Waals surface area contributed by atoms with Gasteiger partial charge in [0.05, 0.1) is 17.6 Å². The number of amidine groups is 1. The number of nitrogens with zero attached hydrogens (tertiary/aromatic N) is 3. The molecule has 0 atom stereocenters. The zero-order chi connectivity index (χ0) is 30.4. The van der Waals surface area contributed by atoms with Crippen LogP contribution in [0.2, 0.25) is 0 Å². The molecule has 1 spiro atoms. The van der Waals surface area contributed by atoms with Crippen LogP contribution in [-0.4, -0.2) is 69.9 Å². The van der Waals surface area contributed by atoms with Gasteiger partial charge in [0.2, 0.25) is 15.9 Å². The zero-order valence-electron chi connectivity index (χ0n) is 22.7. The Morgan fingerprint density at radius 2 is 1.76 bits per heavy atom. The van der Waals surface area contributed by atoms with Gasteiger partial charge < -0.3 is 20.1 Å². The molecule has 15 heteroatoms. The quantitative estimate of drug-likeness (QED) is 0.377. The lowest BCUT2D eigenvalue weighted by atomic mass is 9.89. The molecule has 0 aliphatic carbocycles. The van der Waals surface area contributed by atoms with E-state index in [2.05, 4.69) is 20.0 Å². The van der Waals surface area contributed by atoms with Crippen LogP contribution in [0.3, 0.4) is 0 Å². The Balaban J connectivity index is 1.26. The lowest BCUT2D eigenvalue weighted by Crippen LogP contribution is -2.50. The molecule has 1 saturated heterocycles. The first-order valence-corrected chi connectivity index (χ1v) is 14.6. The van der Waals surface area contributed by atoms with E-state index >= 15 is 0 Å². The van der Waals surface area contributed by atoms with E-state index in [1.54, 1.807) is 26.0 Å². The van der Waals surface area contributed by atoms with Crippen LogP contribution in [0.1, 0.15) is 35.1 Å². The summed E-state index contributed by atoms with van der Waals surface area (Å²) in [6.07, 6.45) is -3.24. The molecule has 1 amide bonds. The van der Waals surface area contributed by atoms with Gasteiger partial charge in [-0.2, -0.15) is 0 Å². The van der Waals surface area contributed by atoms with Crippen LogP contribution in [0.15, 0.2) is 52.4 Å². The Morgan fingerprint density at radius 3 is 2.36 bits per heavy atom. The highest BCUT2D eigenvalue weighted by molar-refractivity contribution is 7.89. The molecule has 1 fully saturated rings. The van der Waals surface area contributed by atoms with E-state index in [0.29, 0.717) is 5.69 Å². The molecule has 3 N–H and O–H groups in total. The molecule has 0 bridgehead atoms. The molecule has 2 aliphatic heterocycles. The SMILES string of the molecule is Cc1cc(-n2c(O)c[nH]c2=O)cc(C)c1CCS(=O)(=O)N1CCC2(CC1)N=C(c1cccc(OC(F)(F)F)c1)NC2=O. The number of rotatable bonds is 7. The molecule has 0 radical (unpaired) electrons. The van der Waals surface area contributed by atoms with Gasteiger partial charge in [0.25, 0.3) is 5.91 Å². The van der Waals surface area contributed by atoms with E-state index in [9.17, 15) is 36.3 Å². The molecular formula is C27H28F3N5O6S. The number of imidazole rings is 1. The van der Waals surface area contributed by atoms with E-state index in [1.165, 1.54) is 22.6 Å². The number of carbonyl (C=O) groups is 1. The molecule has 5 rings (SSSR count). The van der Waals surface area contributed by atoms with Crippen molar-refractivity contribution >= 4 is 21.8 Å². The number of nitrogens with one attached hydrogen (secondary N) is 2. The number of aromatic hydroxyl groups is 1. The summed E-state index contributed by atoms with van der Waals surface area (Å²) in [6, 6.07) is 8.52. The smallest absolute Gasteiger partial charge is 0.493 e. The van der Waals surface area contributed by atoms with Crippen molar-refractivity contribution in [1.82, 2.24) is 19.2 Å². The van der Waals surface area contributed by atoms with Crippen LogP contribution in [0.25, 0.3) is 5.69 Å². The van der Waals surface area contributed by atoms with Crippen LogP contribution >= 0.6 is 0 Å². The van der Waals surface area contributed by atoms with Gasteiger partial charge in [-0.15, -0.1) is 13.2 Å². The predicted molar refractivity (Wildman–Crippen MR) is 146 cm³/mol. The van der Waals surface area contributed by atoms with Crippen molar-refractivity contribution in [2.24, 2.45) is 4.99 Å². The number of aliphatic imine (C=N–C) groups is 1. The van der Waals surface area contributed by atoms with Crippen LogP contribution in [0.4, 0.5) is 13.2 Å². The number of ether oxygens (including phenoxy) is 1. The van der Waals surface area contributed by atoms with Crippen molar-refractivity contribution in [3.05, 3.63) is 75.3 Å². The lowest BCUT2D eigenvalue weighted by Gasteiger charge is -2.34. The Hall–Kier alpha value is -4.11. The Morgan fingerprint density at radius 1 is 1.10 bits per heavy atom. The van der Waals surface area contributed by atoms with Crippen LogP contribution in [-0.2, 0) is 21.2 Å². The van der Waals surface area contributed by atoms with E-state index in [1.807, 2.05) is 0 Å². The maximum Gasteiger partial charge on any atom is 0.573 e. The highest BCUT2D eigenvalue weighted by atomic mass is 32.2. The van der Waals surface area contributed by atoms with E-state index in [0.717, 1.165) is 33.4 Å². The Bertz CT molecular complexity index is 1710. The number of carbonyl (C=O) groups excluding carboxylic acids is 1. The first-order valence-electron chi connectivity index (χ1n) is 13.0. The first kappa shape index (κ1) is 29.4. The van der Waals surface area contributed by atoms with Gasteiger partial charge in [0, 0.05) is 18.7 Å². The maximum atomic E-state index is 13.2. The fourth-order valence-electron chi connectivity index (χ4n) is 5.43. The second-order valence-corrected chi connectivity index (χ2v) is 12.4. The fraction of sp³-hybridized carbons (Fsp3) is 0.370. The number of H-pyrrole nitrogens is 1. The number of aromatic nitrogens is 2. The molecule has 11 nitrogen and oxygen atoms in total. The number of aromatic amines is 1. The summed E-state index contributed by atoms with van der Waals surface area (Å²) in [5, 5.41) is 12.6. The summed E-state index contributed by atoms with van der Waals surface area (Å²) in [5.74, 6) is -1.20. The topological polar surface area (TPSA) is 146 Å². The van der Waals surface area contributed by atoms with Crippen molar-refractivity contribution < 1.29 is 36.2 Å². The maximum absolute atomic E-state index is 13.2. The summed E-state index contributed by atoms with van der Waals surface area (Å²) in [4.78, 5) is 31.8. The fourth-order valence-corrected chi connectivity index (χ4v) is 6.89. The molecular weight excluding hydrogens is 579 g/mol. The standard InChI is InChI=1S/C27H28F3N5O6S/c1-16-12-19(35-22(36)15-31-25(35)38)13-17(2)21(16)6-11-42(39,40)34-9-7-26(8-10-34)24(37)32-23(33-26)18-4-3-5-20(14-18)41-27(28,29)30/h3-5,12-15,36H,6-11H2,1-2H3,(H,31,38)(H,32,33,37). The second-order valence-electron chi connectivity index (χ2n) is 10.3. The molecule has 3 aromatic rings. The van der Waals surface area contributed by atoms with Crippen LogP contribution in [0.5, 0.6) is 11.6 Å². The van der Waals surface area contributed by atoms with Gasteiger partial charge in [0.1, 0.15) is 17.1 Å². The normalized spacial score (nSPS) is 17.4. The number of piperidine rings is 1. The predicted octanol–water partition coefficient (Wildman–Crippen LogP) is 2.67. The first-order chi connectivity index (χ1) is 19.7. The third-order valence-corrected chi connectivity index (χ3v) is 9.44. The Kier molecular flexibility index (Phi) is 7.43. The average molecular weight is 608 g/mol. The molecule has 42 heavy (non-hydrogen) atoms. The van der Waals surface area contributed by atoms with Crippen molar-refractivity contribution in [2.75, 3.05) is 18.8 Å². The van der Waals surface area contributed by atoms with E-state index < -0.39 is 39.3 Å². The number of hydrogen-bond acceptors (Lipinski definition) is 7. The summed E-state index contributed by atoms with van der Waals surface area (Å²) in [6.45, 7) is 3.71. The summed E-state index contributed by atoms with van der Waals surface area (Å²) >= 11 is 0. The number of hydrogen-bond donors (Lipinski definition) is 3. The van der Waals surface area contributed by atoms with Crippen LogP contribution < -0.4 is 15.7 Å². The van der Waals surface area contributed by atoms with Gasteiger partial charge in [0.15, 0.2) is 0 Å². The van der Waals surface area contributed by atoms with E-state index in [4.69, 9.17) is 0 Å². The number of sulfonamides is 1. The Labute approximate surface area is 238 Å². The third-order valence-electron chi connectivity index (χ3n) is 7.57. The van der Waals surface area contributed by atoms with Gasteiger partial charge in [-0.25, -0.2) is 22.1 Å². The molecule has 3 heterocycles. The average Bonchev–Trinajstić information content (AvgIpc) is 3.40. The third kappa shape index (κ3) is 5.79. The largest absolute Gasteiger partial charge is 0.573 e. The number of alkyl halides is 3. The minimum Gasteiger partial charge on any atom is -0.493 e. The summed E-state index contributed by atoms with van der Waals surface area (Å²) in [7, 11) is -3.70. The number of benzene rings is 2. The molecule has 0 unspecified atom stereocenters. The molecule has 2 aromatic carbocycles. The molecule has 224 valence electrons. The van der Waals surface area contributed by atoms with Gasteiger partial charge in [-0.3, -0.25) is 9.79 Å². The number of aryl methyl sites for hydroxylation is 2. The highest BCUT2D eigenvalue weighted by Crippen LogP contribution is 2.33. The summed E-state index contributed by atoms with van der Waals surface area (Å²) < 4.78 is 70.8. The van der Waals surface area contributed by atoms with Crippen molar-refractivity contribution in [3.8, 4) is 17.3 Å². The van der Waals surface area contributed by atoms with Gasteiger partial charge in [-0.1, -0.05) is 12.1 Å². The second kappa shape index (κ2) is 10.6. The van der Waals surface area contributed by atoms with E-state index in [-0.39, 0.29) is 55.4 Å². The molecule has 1 aromatic heterocycles. The van der Waals surface area contributed by atoms with Gasteiger partial charge in [-0.05, 0) is 74.1 Å².